The van der Waals surface area contributed by atoms with Crippen LogP contribution in [0.4, 0.5) is 0 Å². The van der Waals surface area contributed by atoms with E-state index in [1.807, 2.05) is 0 Å². The van der Waals surface area contributed by atoms with Crippen LogP contribution < -0.4 is 0 Å². The Kier molecular flexibility index (Phi) is 6.86. The molecule has 2 atom stereocenters. The van der Waals surface area contributed by atoms with E-state index in [1.165, 1.54) is 102 Å². The maximum atomic E-state index is 12.7. The van der Waals surface area contributed by atoms with Crippen molar-refractivity contribution in [2.75, 3.05) is 0 Å². The van der Waals surface area contributed by atoms with Crippen LogP contribution in [-0.4, -0.2) is 11.9 Å². The van der Waals surface area contributed by atoms with Gasteiger partial charge in [0.2, 0.25) is 0 Å². The summed E-state index contributed by atoms with van der Waals surface area (Å²) in [6, 6.07) is 40.3. The van der Waals surface area contributed by atoms with Crippen LogP contribution in [0.2, 0.25) is 0 Å². The molecule has 0 saturated heterocycles. The highest BCUT2D eigenvalue weighted by Crippen LogP contribution is 2.56. The summed E-state index contributed by atoms with van der Waals surface area (Å²) in [5.41, 5.74) is 19.7. The number of aryl methyl sites for hydroxylation is 4. The quantitative estimate of drug-likeness (QED) is 0.168. The molecule has 0 bridgehead atoms. The predicted octanol–water partition coefficient (Wildman–Crippen LogP) is 11.2. The molecule has 0 N–H and O–H groups in total. The highest BCUT2D eigenvalue weighted by molar-refractivity contribution is 6.08. The van der Waals surface area contributed by atoms with E-state index < -0.39 is 12.2 Å². The number of carbonyl (C=O) groups is 2. The number of rotatable bonds is 2. The van der Waals surface area contributed by atoms with Crippen molar-refractivity contribution in [3.63, 3.8) is 0 Å². The molecule has 262 valence electrons. The molecule has 0 aliphatic heterocycles. The minimum absolute atomic E-state index is 0.305. The smallest absolute Gasteiger partial charge is 0.303 e. The summed E-state index contributed by atoms with van der Waals surface area (Å²) in [6.45, 7) is 2.99. The average Bonchev–Trinajstić information content (AvgIpc) is 3.18. The van der Waals surface area contributed by atoms with Gasteiger partial charge in [0.1, 0.15) is 12.2 Å². The monoisotopic (exact) mass is 702 g/mol. The minimum Gasteiger partial charge on any atom is -0.457 e. The second kappa shape index (κ2) is 11.8. The molecular weight excluding hydrogens is 665 g/mol. The molecule has 0 radical (unpaired) electrons. The Morgan fingerprint density at radius 3 is 1.28 bits per heavy atom. The van der Waals surface area contributed by atoms with Crippen LogP contribution in [0.15, 0.2) is 109 Å². The first kappa shape index (κ1) is 31.5. The fourth-order valence-electron chi connectivity index (χ4n) is 10.3. The molecule has 0 spiro atoms. The third-order valence-electron chi connectivity index (χ3n) is 12.5. The Morgan fingerprint density at radius 2 is 0.833 bits per heavy atom. The summed E-state index contributed by atoms with van der Waals surface area (Å²) >= 11 is 0. The Hall–Kier alpha value is -6.00. The number of esters is 2. The van der Waals surface area contributed by atoms with Crippen molar-refractivity contribution in [2.45, 2.75) is 64.6 Å². The van der Waals surface area contributed by atoms with Gasteiger partial charge in [-0.3, -0.25) is 9.59 Å². The molecule has 4 heteroatoms. The normalized spacial score (nSPS) is 17.1. The van der Waals surface area contributed by atoms with Crippen molar-refractivity contribution in [3.05, 3.63) is 154 Å². The van der Waals surface area contributed by atoms with Gasteiger partial charge >= 0.3 is 11.9 Å². The maximum Gasteiger partial charge on any atom is 0.303 e. The fraction of sp³-hybridized carbons (Fsp3) is 0.200. The molecule has 4 nitrogen and oxygen atoms in total. The summed E-state index contributed by atoms with van der Waals surface area (Å²) in [5, 5.41) is 5.00. The largest absolute Gasteiger partial charge is 0.457 e. The van der Waals surface area contributed by atoms with Gasteiger partial charge < -0.3 is 9.47 Å². The molecule has 0 unspecified atom stereocenters. The SMILES string of the molecule is CC(=O)O[C@@H]1Cc2ccc3c(c2-c2cc4c(cc21)[C@H](OC(C)=O)Cc1ccc2c(c1-4)-c1c(ccc4ccccc14)CC2)-c1c(ccc2ccccc12)CC3. The van der Waals surface area contributed by atoms with Crippen LogP contribution in [0.5, 0.6) is 0 Å². The molecule has 54 heavy (non-hydrogen) atoms. The van der Waals surface area contributed by atoms with E-state index in [4.69, 9.17) is 9.47 Å². The van der Waals surface area contributed by atoms with Crippen molar-refractivity contribution >= 4 is 33.5 Å². The predicted molar refractivity (Wildman–Crippen MR) is 214 cm³/mol. The van der Waals surface area contributed by atoms with Gasteiger partial charge in [-0.2, -0.15) is 0 Å². The molecule has 0 heterocycles. The van der Waals surface area contributed by atoms with Crippen molar-refractivity contribution < 1.29 is 19.1 Å². The molecule has 7 aromatic rings. The fourth-order valence-corrected chi connectivity index (χ4v) is 10.3. The van der Waals surface area contributed by atoms with Gasteiger partial charge in [-0.15, -0.1) is 0 Å². The second-order valence-electron chi connectivity index (χ2n) is 15.5. The number of hydrogen-bond acceptors (Lipinski definition) is 4. The van der Waals surface area contributed by atoms with Crippen LogP contribution in [0.25, 0.3) is 66.1 Å². The molecule has 0 aromatic heterocycles. The zero-order valence-electron chi connectivity index (χ0n) is 30.4. The van der Waals surface area contributed by atoms with Gasteiger partial charge in [0.25, 0.3) is 0 Å². The zero-order chi connectivity index (χ0) is 36.2. The Balaban J connectivity index is 1.25. The minimum atomic E-state index is -0.460. The first-order valence-electron chi connectivity index (χ1n) is 19.3. The van der Waals surface area contributed by atoms with E-state index in [9.17, 15) is 9.59 Å². The molecule has 11 rings (SSSR count). The second-order valence-corrected chi connectivity index (χ2v) is 15.5. The first-order valence-corrected chi connectivity index (χ1v) is 19.3. The standard InChI is InChI=1S/C50H38O4/c1-27(51)53-43-23-35-21-19-33-17-15-31-13-11-29-7-3-5-9-37(29)45(31)49(33)47(35)41-26-42-40(25-39(41)43)44(54-28(2)52)24-36-22-20-34-18-16-32-14-12-30-8-4-6-10-38(30)46(32)50(34)48(36)42/h3-14,19-22,25-26,43-44H,15-18,23-24H2,1-2H3/t43-,44-/m1/s1. The molecule has 4 aliphatic carbocycles. The van der Waals surface area contributed by atoms with E-state index in [0.29, 0.717) is 12.8 Å². The molecule has 0 saturated carbocycles. The van der Waals surface area contributed by atoms with Gasteiger partial charge in [-0.25, -0.2) is 0 Å². The number of ether oxygens (including phenoxy) is 2. The van der Waals surface area contributed by atoms with E-state index in [2.05, 4.69) is 109 Å². The maximum absolute atomic E-state index is 12.7. The number of fused-ring (bicyclic) bond motifs is 18. The first-order chi connectivity index (χ1) is 26.4. The molecule has 0 amide bonds. The van der Waals surface area contributed by atoms with E-state index in [-0.39, 0.29) is 11.9 Å². The highest BCUT2D eigenvalue weighted by Gasteiger charge is 2.38. The Labute approximate surface area is 314 Å². The highest BCUT2D eigenvalue weighted by atomic mass is 16.5. The molecule has 0 fully saturated rings. The van der Waals surface area contributed by atoms with E-state index in [0.717, 1.165) is 47.9 Å². The average molecular weight is 703 g/mol. The zero-order valence-corrected chi connectivity index (χ0v) is 30.4. The van der Waals surface area contributed by atoms with Gasteiger partial charge in [0, 0.05) is 37.8 Å². The van der Waals surface area contributed by atoms with Gasteiger partial charge in [0.15, 0.2) is 0 Å². The van der Waals surface area contributed by atoms with Crippen LogP contribution >= 0.6 is 0 Å². The summed E-state index contributed by atoms with van der Waals surface area (Å²) < 4.78 is 12.3. The van der Waals surface area contributed by atoms with Crippen LogP contribution in [0, 0.1) is 0 Å². The molecule has 4 aliphatic rings. The number of benzene rings is 7. The Bertz CT molecular complexity index is 2620. The third kappa shape index (κ3) is 4.62. The molecule has 7 aromatic carbocycles. The number of hydrogen-bond donors (Lipinski definition) is 0. The van der Waals surface area contributed by atoms with Gasteiger partial charge in [-0.1, -0.05) is 97.1 Å². The topological polar surface area (TPSA) is 52.6 Å². The van der Waals surface area contributed by atoms with Crippen molar-refractivity contribution in [3.8, 4) is 44.5 Å². The summed E-state index contributed by atoms with van der Waals surface area (Å²) in [4.78, 5) is 25.5. The lowest BCUT2D eigenvalue weighted by atomic mass is 9.70. The lowest BCUT2D eigenvalue weighted by Gasteiger charge is -2.36. The molecular formula is C50H38O4. The van der Waals surface area contributed by atoms with Gasteiger partial charge in [-0.05, 0) is 137 Å². The summed E-state index contributed by atoms with van der Waals surface area (Å²) in [5.74, 6) is -0.610. The third-order valence-corrected chi connectivity index (χ3v) is 12.5. The van der Waals surface area contributed by atoms with Crippen molar-refractivity contribution in [1.29, 1.82) is 0 Å². The van der Waals surface area contributed by atoms with Crippen molar-refractivity contribution in [2.24, 2.45) is 0 Å². The summed E-state index contributed by atoms with van der Waals surface area (Å²) in [6.07, 6.45) is 4.17. The van der Waals surface area contributed by atoms with Crippen molar-refractivity contribution in [1.82, 2.24) is 0 Å². The van der Waals surface area contributed by atoms with Gasteiger partial charge in [0.05, 0.1) is 0 Å². The lowest BCUT2D eigenvalue weighted by Crippen LogP contribution is -2.22. The van der Waals surface area contributed by atoms with Crippen LogP contribution in [0.1, 0.15) is 70.6 Å². The van der Waals surface area contributed by atoms with Crippen LogP contribution in [-0.2, 0) is 57.6 Å². The van der Waals surface area contributed by atoms with E-state index >= 15 is 0 Å². The van der Waals surface area contributed by atoms with E-state index in [1.54, 1.807) is 0 Å². The van der Waals surface area contributed by atoms with Crippen LogP contribution in [0.3, 0.4) is 0 Å². The summed E-state index contributed by atoms with van der Waals surface area (Å²) in [7, 11) is 0. The Morgan fingerprint density at radius 1 is 0.444 bits per heavy atom. The number of carbonyl (C=O) groups excluding carboxylic acids is 2. The lowest BCUT2D eigenvalue weighted by molar-refractivity contribution is -0.147.